The number of fused-ring (bicyclic) bond motifs is 2. The third-order valence-electron chi connectivity index (χ3n) is 6.06. The number of amides is 2. The van der Waals surface area contributed by atoms with Gasteiger partial charge in [0.15, 0.2) is 0 Å². The van der Waals surface area contributed by atoms with E-state index in [-0.39, 0.29) is 48.1 Å². The van der Waals surface area contributed by atoms with Crippen molar-refractivity contribution in [3.05, 3.63) is 12.2 Å². The van der Waals surface area contributed by atoms with Crippen molar-refractivity contribution >= 4 is 29.2 Å². The number of ketones is 1. The molecule has 0 unspecified atom stereocenters. The molecular weight excluding hydrogens is 404 g/mol. The van der Waals surface area contributed by atoms with Gasteiger partial charge in [-0.1, -0.05) is 31.9 Å². The fraction of sp³-hybridized carbons (Fsp3) is 0.783. The van der Waals surface area contributed by atoms with Crippen LogP contribution in [0.3, 0.4) is 0 Å². The molecule has 0 aromatic carbocycles. The van der Waals surface area contributed by atoms with E-state index in [1.807, 2.05) is 0 Å². The van der Waals surface area contributed by atoms with Crippen molar-refractivity contribution in [1.82, 2.24) is 10.6 Å². The minimum absolute atomic E-state index is 0.0359. The standard InChI is InChI=1S/C23H37ClN2O4/c1-2-3-6-11-22(28)26-16-23(29)25-15-19-18(20-12-13-21(19)30-20)10-8-5-4-7-9-17(27)14-24/h8,10,18-21H,2-7,9,11-16H2,1H3,(H,25,29)(H,26,28)/t18-,19+,20-,21+/m0/s1. The van der Waals surface area contributed by atoms with E-state index >= 15 is 0 Å². The van der Waals surface area contributed by atoms with Gasteiger partial charge in [-0.05, 0) is 38.5 Å². The third kappa shape index (κ3) is 8.38. The molecule has 2 amide bonds. The van der Waals surface area contributed by atoms with Crippen molar-refractivity contribution in [2.45, 2.75) is 83.3 Å². The van der Waals surface area contributed by atoms with Gasteiger partial charge in [-0.15, -0.1) is 11.6 Å². The summed E-state index contributed by atoms with van der Waals surface area (Å²) in [6.07, 6.45) is 13.8. The quantitative estimate of drug-likeness (QED) is 0.232. The fourth-order valence-electron chi connectivity index (χ4n) is 4.35. The molecule has 6 nitrogen and oxygen atoms in total. The van der Waals surface area contributed by atoms with Crippen molar-refractivity contribution in [1.29, 1.82) is 0 Å². The Balaban J connectivity index is 1.68. The first kappa shape index (κ1) is 24.9. The highest BCUT2D eigenvalue weighted by Gasteiger charge is 2.47. The van der Waals surface area contributed by atoms with E-state index in [1.165, 1.54) is 0 Å². The van der Waals surface area contributed by atoms with Crippen molar-refractivity contribution in [3.8, 4) is 0 Å². The van der Waals surface area contributed by atoms with Gasteiger partial charge in [0, 0.05) is 31.2 Å². The number of carbonyl (C=O) groups is 3. The number of ether oxygens (including phenoxy) is 1. The zero-order valence-corrected chi connectivity index (χ0v) is 18.9. The van der Waals surface area contributed by atoms with Crippen molar-refractivity contribution in [2.75, 3.05) is 19.0 Å². The third-order valence-corrected chi connectivity index (χ3v) is 6.36. The van der Waals surface area contributed by atoms with Gasteiger partial charge in [0.1, 0.15) is 5.78 Å². The van der Waals surface area contributed by atoms with Gasteiger partial charge in [0.25, 0.3) is 0 Å². The Bertz CT molecular complexity index is 596. The molecule has 30 heavy (non-hydrogen) atoms. The molecule has 0 aromatic heterocycles. The second kappa shape index (κ2) is 13.8. The smallest absolute Gasteiger partial charge is 0.239 e. The summed E-state index contributed by atoms with van der Waals surface area (Å²) < 4.78 is 6.08. The predicted molar refractivity (Wildman–Crippen MR) is 118 cm³/mol. The molecule has 2 bridgehead atoms. The number of Topliss-reactive ketones (excluding diaryl/α,β-unsaturated/α-hetero) is 1. The van der Waals surface area contributed by atoms with Gasteiger partial charge in [0.05, 0.1) is 24.6 Å². The van der Waals surface area contributed by atoms with Crippen LogP contribution in [0.5, 0.6) is 0 Å². The molecular formula is C23H37ClN2O4. The highest BCUT2D eigenvalue weighted by atomic mass is 35.5. The summed E-state index contributed by atoms with van der Waals surface area (Å²) in [4.78, 5) is 35.1. The summed E-state index contributed by atoms with van der Waals surface area (Å²) in [5.74, 6) is 0.604. The van der Waals surface area contributed by atoms with Crippen molar-refractivity contribution in [3.63, 3.8) is 0 Å². The normalized spacial score (nSPS) is 25.0. The molecule has 2 rings (SSSR count). The van der Waals surface area contributed by atoms with Crippen LogP contribution in [0.25, 0.3) is 0 Å². The number of unbranched alkanes of at least 4 members (excludes halogenated alkanes) is 4. The predicted octanol–water partition coefficient (Wildman–Crippen LogP) is 3.52. The van der Waals surface area contributed by atoms with E-state index in [0.29, 0.717) is 25.3 Å². The van der Waals surface area contributed by atoms with E-state index in [1.54, 1.807) is 0 Å². The van der Waals surface area contributed by atoms with Crippen LogP contribution in [-0.2, 0) is 19.1 Å². The number of alkyl halides is 1. The van der Waals surface area contributed by atoms with Gasteiger partial charge in [-0.2, -0.15) is 0 Å². The minimum atomic E-state index is -0.145. The molecule has 2 aliphatic rings. The second-order valence-electron chi connectivity index (χ2n) is 8.42. The van der Waals surface area contributed by atoms with Gasteiger partial charge in [-0.3, -0.25) is 14.4 Å². The largest absolute Gasteiger partial charge is 0.374 e. The van der Waals surface area contributed by atoms with Gasteiger partial charge in [0.2, 0.25) is 11.8 Å². The molecule has 170 valence electrons. The number of halogens is 1. The monoisotopic (exact) mass is 440 g/mol. The van der Waals surface area contributed by atoms with Crippen molar-refractivity contribution in [2.24, 2.45) is 11.8 Å². The zero-order chi connectivity index (χ0) is 21.8. The molecule has 0 spiro atoms. The molecule has 0 saturated carbocycles. The highest BCUT2D eigenvalue weighted by molar-refractivity contribution is 6.27. The maximum Gasteiger partial charge on any atom is 0.239 e. The Morgan fingerprint density at radius 2 is 1.77 bits per heavy atom. The maximum atomic E-state index is 12.1. The number of rotatable bonds is 15. The van der Waals surface area contributed by atoms with Gasteiger partial charge >= 0.3 is 0 Å². The van der Waals surface area contributed by atoms with E-state index in [0.717, 1.165) is 51.4 Å². The molecule has 4 atom stereocenters. The van der Waals surface area contributed by atoms with Crippen LogP contribution < -0.4 is 10.6 Å². The Labute approximate surface area is 185 Å². The van der Waals surface area contributed by atoms with Crippen LogP contribution in [0.4, 0.5) is 0 Å². The van der Waals surface area contributed by atoms with Crippen molar-refractivity contribution < 1.29 is 19.1 Å². The van der Waals surface area contributed by atoms with Crippen LogP contribution in [0.1, 0.15) is 71.1 Å². The molecule has 2 saturated heterocycles. The Kier molecular flexibility index (Phi) is 11.4. The topological polar surface area (TPSA) is 84.5 Å². The first-order chi connectivity index (χ1) is 14.5. The van der Waals surface area contributed by atoms with Crippen LogP contribution in [-0.4, -0.2) is 48.8 Å². The molecule has 0 radical (unpaired) electrons. The fourth-order valence-corrected chi connectivity index (χ4v) is 4.48. The second-order valence-corrected chi connectivity index (χ2v) is 8.68. The van der Waals surface area contributed by atoms with E-state index < -0.39 is 0 Å². The summed E-state index contributed by atoms with van der Waals surface area (Å²) in [5.41, 5.74) is 0. The summed E-state index contributed by atoms with van der Waals surface area (Å²) >= 11 is 5.52. The molecule has 2 N–H and O–H groups in total. The number of nitrogens with one attached hydrogen (secondary N) is 2. The van der Waals surface area contributed by atoms with Gasteiger partial charge in [-0.25, -0.2) is 0 Å². The summed E-state index contributed by atoms with van der Waals surface area (Å²) in [7, 11) is 0. The maximum absolute atomic E-state index is 12.1. The average molecular weight is 441 g/mol. The van der Waals surface area contributed by atoms with Crippen LogP contribution in [0.2, 0.25) is 0 Å². The lowest BCUT2D eigenvalue weighted by atomic mass is 9.79. The number of carbonyl (C=O) groups excluding carboxylic acids is 3. The molecule has 0 aromatic rings. The lowest BCUT2D eigenvalue weighted by Crippen LogP contribution is -2.42. The molecule has 7 heteroatoms. The lowest BCUT2D eigenvalue weighted by molar-refractivity contribution is -0.126. The lowest BCUT2D eigenvalue weighted by Gasteiger charge is -2.26. The zero-order valence-electron chi connectivity index (χ0n) is 18.2. The van der Waals surface area contributed by atoms with Crippen LogP contribution >= 0.6 is 11.6 Å². The molecule has 2 fully saturated rings. The highest BCUT2D eigenvalue weighted by Crippen LogP contribution is 2.43. The van der Waals surface area contributed by atoms with Crippen LogP contribution in [0.15, 0.2) is 12.2 Å². The molecule has 0 aliphatic carbocycles. The molecule has 2 heterocycles. The average Bonchev–Trinajstić information content (AvgIpc) is 3.35. The number of hydrogen-bond acceptors (Lipinski definition) is 4. The first-order valence-electron chi connectivity index (χ1n) is 11.5. The Morgan fingerprint density at radius 3 is 2.53 bits per heavy atom. The first-order valence-corrected chi connectivity index (χ1v) is 12.0. The summed E-state index contributed by atoms with van der Waals surface area (Å²) in [6, 6.07) is 0. The number of hydrogen-bond donors (Lipinski definition) is 2. The summed E-state index contributed by atoms with van der Waals surface area (Å²) in [6.45, 7) is 2.71. The van der Waals surface area contributed by atoms with E-state index in [4.69, 9.17) is 16.3 Å². The molecule has 2 aliphatic heterocycles. The van der Waals surface area contributed by atoms with Gasteiger partial charge < -0.3 is 15.4 Å². The van der Waals surface area contributed by atoms with Crippen LogP contribution in [0, 0.1) is 11.8 Å². The SMILES string of the molecule is CCCCCC(=O)NCC(=O)NC[C@@H]1[C@H](C=CCCCCC(=O)CCl)[C@@H]2CC[C@H]1O2. The van der Waals surface area contributed by atoms with E-state index in [9.17, 15) is 14.4 Å². The Hall–Kier alpha value is -1.40. The Morgan fingerprint density at radius 1 is 1.00 bits per heavy atom. The minimum Gasteiger partial charge on any atom is -0.374 e. The van der Waals surface area contributed by atoms with E-state index in [2.05, 4.69) is 29.7 Å². The summed E-state index contributed by atoms with van der Waals surface area (Å²) in [5, 5.41) is 5.67. The number of allylic oxidation sites excluding steroid dienone is 1.